The number of halogens is 3. The third kappa shape index (κ3) is 2.60. The molecule has 4 rings (SSSR count). The average Bonchev–Trinajstić information content (AvgIpc) is 2.99. The largest absolute Gasteiger partial charge is 0.453 e. The lowest BCUT2D eigenvalue weighted by molar-refractivity contribution is -0.145. The van der Waals surface area contributed by atoms with Gasteiger partial charge in [-0.3, -0.25) is 4.79 Å². The van der Waals surface area contributed by atoms with E-state index in [2.05, 4.69) is 15.4 Å². The van der Waals surface area contributed by atoms with E-state index in [1.54, 1.807) is 0 Å². The van der Waals surface area contributed by atoms with Gasteiger partial charge in [-0.25, -0.2) is 4.68 Å². The molecular weight excluding hydrogens is 345 g/mol. The van der Waals surface area contributed by atoms with Crippen molar-refractivity contribution in [1.29, 1.82) is 0 Å². The zero-order valence-electron chi connectivity index (χ0n) is 14.3. The molecule has 1 aromatic carbocycles. The number of nitrogens with zero attached hydrogens (tertiary/aromatic N) is 3. The van der Waals surface area contributed by atoms with E-state index in [4.69, 9.17) is 0 Å². The molecule has 1 atom stereocenters. The summed E-state index contributed by atoms with van der Waals surface area (Å²) >= 11 is 0. The van der Waals surface area contributed by atoms with Crippen LogP contribution in [-0.2, 0) is 11.0 Å². The molecule has 136 valence electrons. The van der Waals surface area contributed by atoms with Crippen molar-refractivity contribution < 1.29 is 18.0 Å². The summed E-state index contributed by atoms with van der Waals surface area (Å²) in [6.07, 6.45) is -2.98. The Labute approximate surface area is 147 Å². The van der Waals surface area contributed by atoms with Crippen LogP contribution < -0.4 is 5.32 Å². The molecule has 0 bridgehead atoms. The van der Waals surface area contributed by atoms with Gasteiger partial charge < -0.3 is 5.32 Å². The standard InChI is InChI=1S/C18H17F3N4O/c1-9-6-7-10(2)11(8-9)15-14-12(4-3-5-13(14)26)22-17-23-16(18(19,20)21)24-25(15)17/h6-8,15H,3-5H2,1-2H3,(H,22,23,24). The number of hydrogen-bond acceptors (Lipinski definition) is 4. The first kappa shape index (κ1) is 16.8. The van der Waals surface area contributed by atoms with Gasteiger partial charge in [0, 0.05) is 17.7 Å². The minimum atomic E-state index is -4.65. The van der Waals surface area contributed by atoms with E-state index in [9.17, 15) is 18.0 Å². The first-order valence-corrected chi connectivity index (χ1v) is 8.40. The number of aryl methyl sites for hydroxylation is 2. The lowest BCUT2D eigenvalue weighted by atomic mass is 9.84. The van der Waals surface area contributed by atoms with Gasteiger partial charge in [0.05, 0.1) is 0 Å². The molecule has 0 radical (unpaired) electrons. The SMILES string of the molecule is Cc1ccc(C)c(C2C3=C(CCCC3=O)Nc3nc(C(F)(F)F)nn32)c1. The average molecular weight is 362 g/mol. The summed E-state index contributed by atoms with van der Waals surface area (Å²) < 4.78 is 40.6. The van der Waals surface area contributed by atoms with Crippen LogP contribution in [0, 0.1) is 13.8 Å². The lowest BCUT2D eigenvalue weighted by Crippen LogP contribution is -2.32. The van der Waals surface area contributed by atoms with Crippen LogP contribution in [0.5, 0.6) is 0 Å². The molecule has 2 aromatic rings. The van der Waals surface area contributed by atoms with Crippen LogP contribution in [-0.4, -0.2) is 20.5 Å². The molecule has 1 aliphatic heterocycles. The number of carbonyl (C=O) groups excluding carboxylic acids is 1. The maximum atomic E-state index is 13.1. The van der Waals surface area contributed by atoms with E-state index < -0.39 is 18.0 Å². The predicted molar refractivity (Wildman–Crippen MR) is 88.6 cm³/mol. The Bertz CT molecular complexity index is 942. The van der Waals surface area contributed by atoms with Gasteiger partial charge in [-0.1, -0.05) is 23.8 Å². The summed E-state index contributed by atoms with van der Waals surface area (Å²) in [5.41, 5.74) is 3.78. The smallest absolute Gasteiger partial charge is 0.328 e. The predicted octanol–water partition coefficient (Wildman–Crippen LogP) is 3.94. The number of fused-ring (bicyclic) bond motifs is 1. The molecule has 0 spiro atoms. The monoisotopic (exact) mass is 362 g/mol. The molecule has 2 aliphatic rings. The van der Waals surface area contributed by atoms with Crippen LogP contribution in [0.1, 0.15) is 47.8 Å². The molecule has 1 unspecified atom stereocenters. The summed E-state index contributed by atoms with van der Waals surface area (Å²) in [4.78, 5) is 16.3. The molecule has 26 heavy (non-hydrogen) atoms. The van der Waals surface area contributed by atoms with Crippen LogP contribution in [0.4, 0.5) is 19.1 Å². The summed E-state index contributed by atoms with van der Waals surface area (Å²) in [5, 5.41) is 6.61. The van der Waals surface area contributed by atoms with Crippen LogP contribution in [0.25, 0.3) is 0 Å². The topological polar surface area (TPSA) is 59.8 Å². The first-order chi connectivity index (χ1) is 12.3. The second-order valence-corrected chi connectivity index (χ2v) is 6.76. The van der Waals surface area contributed by atoms with Crippen molar-refractivity contribution in [1.82, 2.24) is 14.8 Å². The molecule has 2 heterocycles. The number of aromatic nitrogens is 3. The minimum Gasteiger partial charge on any atom is -0.328 e. The number of alkyl halides is 3. The van der Waals surface area contributed by atoms with Crippen molar-refractivity contribution in [3.63, 3.8) is 0 Å². The Balaban J connectivity index is 1.96. The Kier molecular flexibility index (Phi) is 3.68. The molecule has 0 saturated heterocycles. The number of hydrogen-bond donors (Lipinski definition) is 1. The van der Waals surface area contributed by atoms with Crippen molar-refractivity contribution in [3.05, 3.63) is 52.0 Å². The van der Waals surface area contributed by atoms with Gasteiger partial charge >= 0.3 is 6.18 Å². The second-order valence-electron chi connectivity index (χ2n) is 6.76. The quantitative estimate of drug-likeness (QED) is 0.835. The minimum absolute atomic E-state index is 0.0247. The number of allylic oxidation sites excluding steroid dienone is 2. The van der Waals surface area contributed by atoms with Gasteiger partial charge in [0.1, 0.15) is 6.04 Å². The molecule has 8 heteroatoms. The number of Topliss-reactive ketones (excluding diaryl/α,β-unsaturated/α-hetero) is 1. The fourth-order valence-electron chi connectivity index (χ4n) is 3.62. The molecule has 5 nitrogen and oxygen atoms in total. The van der Waals surface area contributed by atoms with Crippen LogP contribution in [0.15, 0.2) is 29.5 Å². The number of benzene rings is 1. The summed E-state index contributed by atoms with van der Waals surface area (Å²) in [5.74, 6) is -1.24. The molecule has 1 N–H and O–H groups in total. The highest BCUT2D eigenvalue weighted by molar-refractivity contribution is 5.99. The van der Waals surface area contributed by atoms with Crippen LogP contribution >= 0.6 is 0 Å². The van der Waals surface area contributed by atoms with Gasteiger partial charge in [-0.05, 0) is 37.8 Å². The summed E-state index contributed by atoms with van der Waals surface area (Å²) in [6, 6.07) is 5.04. The van der Waals surface area contributed by atoms with E-state index >= 15 is 0 Å². The van der Waals surface area contributed by atoms with E-state index in [0.29, 0.717) is 30.5 Å². The molecule has 0 fully saturated rings. The summed E-state index contributed by atoms with van der Waals surface area (Å²) in [6.45, 7) is 3.79. The highest BCUT2D eigenvalue weighted by Gasteiger charge is 2.42. The summed E-state index contributed by atoms with van der Waals surface area (Å²) in [7, 11) is 0. The van der Waals surface area contributed by atoms with Crippen LogP contribution in [0.3, 0.4) is 0 Å². The third-order valence-electron chi connectivity index (χ3n) is 4.85. The van der Waals surface area contributed by atoms with Gasteiger partial charge in [-0.2, -0.15) is 18.2 Å². The zero-order valence-corrected chi connectivity index (χ0v) is 14.3. The Hall–Kier alpha value is -2.64. The number of ketones is 1. The Morgan fingerprint density at radius 3 is 2.73 bits per heavy atom. The normalized spacial score (nSPS) is 19.9. The number of carbonyl (C=O) groups is 1. The van der Waals surface area contributed by atoms with E-state index in [1.807, 2.05) is 32.0 Å². The van der Waals surface area contributed by atoms with Crippen molar-refractivity contribution in [3.8, 4) is 0 Å². The van der Waals surface area contributed by atoms with Crippen molar-refractivity contribution >= 4 is 11.7 Å². The van der Waals surface area contributed by atoms with E-state index in [-0.39, 0.29) is 11.7 Å². The molecule has 0 saturated carbocycles. The maximum Gasteiger partial charge on any atom is 0.453 e. The third-order valence-corrected chi connectivity index (χ3v) is 4.85. The van der Waals surface area contributed by atoms with Gasteiger partial charge in [0.2, 0.25) is 5.95 Å². The highest BCUT2D eigenvalue weighted by Crippen LogP contribution is 2.42. The van der Waals surface area contributed by atoms with Gasteiger partial charge in [0.15, 0.2) is 5.78 Å². The Morgan fingerprint density at radius 1 is 1.23 bits per heavy atom. The Morgan fingerprint density at radius 2 is 2.00 bits per heavy atom. The lowest BCUT2D eigenvalue weighted by Gasteiger charge is -2.33. The molecule has 1 aromatic heterocycles. The number of nitrogens with one attached hydrogen (secondary N) is 1. The highest BCUT2D eigenvalue weighted by atomic mass is 19.4. The second kappa shape index (κ2) is 5.69. The van der Waals surface area contributed by atoms with E-state index in [1.165, 1.54) is 4.68 Å². The number of anilines is 1. The van der Waals surface area contributed by atoms with E-state index in [0.717, 1.165) is 16.7 Å². The molecule has 0 amide bonds. The molecular formula is C18H17F3N4O. The van der Waals surface area contributed by atoms with Gasteiger partial charge in [0.25, 0.3) is 5.82 Å². The fraction of sp³-hybridized carbons (Fsp3) is 0.389. The van der Waals surface area contributed by atoms with Crippen molar-refractivity contribution in [2.45, 2.75) is 45.3 Å². The van der Waals surface area contributed by atoms with Crippen molar-refractivity contribution in [2.24, 2.45) is 0 Å². The first-order valence-electron chi connectivity index (χ1n) is 8.40. The zero-order chi connectivity index (χ0) is 18.6. The number of rotatable bonds is 1. The fourth-order valence-corrected chi connectivity index (χ4v) is 3.62. The maximum absolute atomic E-state index is 13.1. The molecule has 1 aliphatic carbocycles. The van der Waals surface area contributed by atoms with Gasteiger partial charge in [-0.15, -0.1) is 5.10 Å². The van der Waals surface area contributed by atoms with Crippen LogP contribution in [0.2, 0.25) is 0 Å². The van der Waals surface area contributed by atoms with Crippen molar-refractivity contribution in [2.75, 3.05) is 5.32 Å².